The Kier molecular flexibility index (Phi) is 7.87. The van der Waals surface area contributed by atoms with Crippen molar-refractivity contribution in [1.29, 1.82) is 0 Å². The van der Waals surface area contributed by atoms with Crippen LogP contribution in [0.5, 0.6) is 0 Å². The highest BCUT2D eigenvalue weighted by Crippen LogP contribution is 2.41. The minimum absolute atomic E-state index is 0.687. The molecule has 0 amide bonds. The van der Waals surface area contributed by atoms with Crippen LogP contribution in [-0.2, 0) is 0 Å². The summed E-state index contributed by atoms with van der Waals surface area (Å²) in [7, 11) is 0. The van der Waals surface area contributed by atoms with Gasteiger partial charge < -0.3 is 0 Å². The second-order valence-corrected chi connectivity index (χ2v) is 16.2. The van der Waals surface area contributed by atoms with Gasteiger partial charge in [0.15, 0.2) is 5.82 Å². The van der Waals surface area contributed by atoms with Gasteiger partial charge >= 0.3 is 0 Å². The van der Waals surface area contributed by atoms with Crippen LogP contribution in [0.4, 0.5) is 0 Å². The van der Waals surface area contributed by atoms with Crippen LogP contribution in [0, 0.1) is 0 Å². The van der Waals surface area contributed by atoms with Gasteiger partial charge in [0.25, 0.3) is 0 Å². The number of rotatable bonds is 6. The molecule has 0 N–H and O–H groups in total. The van der Waals surface area contributed by atoms with Crippen molar-refractivity contribution in [2.24, 2.45) is 0 Å². The van der Waals surface area contributed by atoms with E-state index in [1.165, 1.54) is 40.3 Å². The zero-order valence-electron chi connectivity index (χ0n) is 30.1. The molecule has 0 radical (unpaired) electrons. The first-order valence-electron chi connectivity index (χ1n) is 18.6. The Morgan fingerprint density at radius 2 is 0.732 bits per heavy atom. The maximum Gasteiger partial charge on any atom is 0.160 e. The standard InChI is InChI=1S/C51H31N3S2/c1-2-8-34(9-3-1)45-31-46(35-16-14-32(15-17-35)33-22-24-52-25-23-33)54-51(53-45)40-27-38(36-18-20-49-43(29-36)41-10-4-6-12-47(41)55-49)26-39(28-40)37-19-21-50-44(30-37)42-11-5-7-13-48(42)56-50/h1-31H. The molecule has 11 aromatic rings. The summed E-state index contributed by atoms with van der Waals surface area (Å²) in [6.07, 6.45) is 3.66. The van der Waals surface area contributed by atoms with Crippen molar-refractivity contribution in [1.82, 2.24) is 15.0 Å². The minimum atomic E-state index is 0.687. The first-order chi connectivity index (χ1) is 27.7. The smallest absolute Gasteiger partial charge is 0.160 e. The van der Waals surface area contributed by atoms with Crippen LogP contribution in [0.25, 0.3) is 108 Å². The highest BCUT2D eigenvalue weighted by atomic mass is 32.1. The van der Waals surface area contributed by atoms with E-state index < -0.39 is 0 Å². The van der Waals surface area contributed by atoms with Crippen LogP contribution < -0.4 is 0 Å². The molecular formula is C51H31N3S2. The predicted molar refractivity (Wildman–Crippen MR) is 238 cm³/mol. The summed E-state index contributed by atoms with van der Waals surface area (Å²) in [5.74, 6) is 0.687. The largest absolute Gasteiger partial charge is 0.265 e. The average molecular weight is 750 g/mol. The van der Waals surface area contributed by atoms with E-state index in [2.05, 4.69) is 163 Å². The third-order valence-corrected chi connectivity index (χ3v) is 12.9. The Morgan fingerprint density at radius 3 is 1.32 bits per heavy atom. The number of aromatic nitrogens is 3. The van der Waals surface area contributed by atoms with E-state index in [4.69, 9.17) is 9.97 Å². The predicted octanol–water partition coefficient (Wildman–Crippen LogP) is 14.6. The van der Waals surface area contributed by atoms with E-state index in [-0.39, 0.29) is 0 Å². The average Bonchev–Trinajstić information content (AvgIpc) is 3.84. The molecule has 0 bridgehead atoms. The lowest BCUT2D eigenvalue weighted by atomic mass is 9.94. The van der Waals surface area contributed by atoms with E-state index in [9.17, 15) is 0 Å². The maximum atomic E-state index is 5.32. The Morgan fingerprint density at radius 1 is 0.286 bits per heavy atom. The lowest BCUT2D eigenvalue weighted by Gasteiger charge is -2.13. The SMILES string of the molecule is c1ccc(-c2cc(-c3ccc(-c4ccncc4)cc3)nc(-c3cc(-c4ccc5sc6ccccc6c5c4)cc(-c4ccc5sc6ccccc6c5c4)c3)n2)cc1. The lowest BCUT2D eigenvalue weighted by Crippen LogP contribution is -1.97. The van der Waals surface area contributed by atoms with Crippen molar-refractivity contribution < 1.29 is 0 Å². The van der Waals surface area contributed by atoms with Gasteiger partial charge in [-0.1, -0.05) is 103 Å². The summed E-state index contributed by atoms with van der Waals surface area (Å²) < 4.78 is 5.19. The molecule has 56 heavy (non-hydrogen) atoms. The molecule has 0 atom stereocenters. The normalized spacial score (nSPS) is 11.6. The molecule has 0 spiro atoms. The number of fused-ring (bicyclic) bond motifs is 6. The van der Waals surface area contributed by atoms with Gasteiger partial charge in [0, 0.05) is 69.4 Å². The summed E-state index contributed by atoms with van der Waals surface area (Å²) in [6.45, 7) is 0. The topological polar surface area (TPSA) is 38.7 Å². The molecule has 7 aromatic carbocycles. The van der Waals surface area contributed by atoms with Crippen LogP contribution in [0.1, 0.15) is 0 Å². The number of hydrogen-bond acceptors (Lipinski definition) is 5. The highest BCUT2D eigenvalue weighted by molar-refractivity contribution is 7.26. The van der Waals surface area contributed by atoms with Crippen molar-refractivity contribution in [3.8, 4) is 67.3 Å². The molecular weight excluding hydrogens is 719 g/mol. The molecule has 0 saturated heterocycles. The highest BCUT2D eigenvalue weighted by Gasteiger charge is 2.16. The van der Waals surface area contributed by atoms with Crippen molar-refractivity contribution in [3.05, 3.63) is 188 Å². The monoisotopic (exact) mass is 749 g/mol. The molecule has 11 rings (SSSR count). The van der Waals surface area contributed by atoms with Gasteiger partial charge in [-0.15, -0.1) is 22.7 Å². The fraction of sp³-hybridized carbons (Fsp3) is 0. The molecule has 0 saturated carbocycles. The Balaban J connectivity index is 1.11. The first-order valence-corrected chi connectivity index (χ1v) is 20.3. The molecule has 0 fully saturated rings. The minimum Gasteiger partial charge on any atom is -0.265 e. The number of pyridine rings is 1. The van der Waals surface area contributed by atoms with Gasteiger partial charge in [-0.05, 0) is 106 Å². The zero-order valence-corrected chi connectivity index (χ0v) is 31.7. The quantitative estimate of drug-likeness (QED) is 0.170. The van der Waals surface area contributed by atoms with Crippen molar-refractivity contribution in [2.75, 3.05) is 0 Å². The van der Waals surface area contributed by atoms with Crippen LogP contribution in [-0.4, -0.2) is 15.0 Å². The van der Waals surface area contributed by atoms with Crippen molar-refractivity contribution >= 4 is 63.0 Å². The summed E-state index contributed by atoms with van der Waals surface area (Å²) in [4.78, 5) is 14.8. The fourth-order valence-corrected chi connectivity index (χ4v) is 9.93. The summed E-state index contributed by atoms with van der Waals surface area (Å²) in [6, 6.07) is 63.2. The second-order valence-electron chi connectivity index (χ2n) is 14.1. The second kappa shape index (κ2) is 13.5. The third kappa shape index (κ3) is 5.86. The number of hydrogen-bond donors (Lipinski definition) is 0. The van der Waals surface area contributed by atoms with Crippen LogP contribution in [0.15, 0.2) is 188 Å². The van der Waals surface area contributed by atoms with Crippen molar-refractivity contribution in [2.45, 2.75) is 0 Å². The Hall–Kier alpha value is -6.79. The maximum absolute atomic E-state index is 5.32. The van der Waals surface area contributed by atoms with Crippen molar-refractivity contribution in [3.63, 3.8) is 0 Å². The molecule has 0 unspecified atom stereocenters. The van der Waals surface area contributed by atoms with E-state index in [1.807, 2.05) is 53.3 Å². The Bertz CT molecular complexity index is 3110. The van der Waals surface area contributed by atoms with Crippen LogP contribution in [0.3, 0.4) is 0 Å². The van der Waals surface area contributed by atoms with E-state index >= 15 is 0 Å². The number of benzene rings is 7. The molecule has 4 heterocycles. The molecule has 4 aromatic heterocycles. The number of thiophene rings is 2. The van der Waals surface area contributed by atoms with Gasteiger partial charge in [0.1, 0.15) is 0 Å². The van der Waals surface area contributed by atoms with Gasteiger partial charge in [0.2, 0.25) is 0 Å². The van der Waals surface area contributed by atoms with Gasteiger partial charge in [0.05, 0.1) is 11.4 Å². The van der Waals surface area contributed by atoms with E-state index in [0.717, 1.165) is 61.5 Å². The lowest BCUT2D eigenvalue weighted by molar-refractivity contribution is 1.18. The molecule has 0 aliphatic rings. The van der Waals surface area contributed by atoms with Gasteiger partial charge in [-0.25, -0.2) is 9.97 Å². The summed E-state index contributed by atoms with van der Waals surface area (Å²) in [5, 5.41) is 5.14. The first kappa shape index (κ1) is 32.6. The number of nitrogens with zero attached hydrogens (tertiary/aromatic N) is 3. The molecule has 5 heteroatoms. The summed E-state index contributed by atoms with van der Waals surface area (Å²) >= 11 is 3.69. The Labute approximate surface area is 331 Å². The third-order valence-electron chi connectivity index (χ3n) is 10.6. The van der Waals surface area contributed by atoms with Gasteiger partial charge in [-0.2, -0.15) is 0 Å². The van der Waals surface area contributed by atoms with Crippen LogP contribution in [0.2, 0.25) is 0 Å². The van der Waals surface area contributed by atoms with Gasteiger partial charge in [-0.3, -0.25) is 4.98 Å². The fourth-order valence-electron chi connectivity index (χ4n) is 7.76. The molecule has 0 aliphatic heterocycles. The molecule has 262 valence electrons. The van der Waals surface area contributed by atoms with E-state index in [0.29, 0.717) is 5.82 Å². The molecule has 3 nitrogen and oxygen atoms in total. The van der Waals surface area contributed by atoms with E-state index in [1.54, 1.807) is 0 Å². The van der Waals surface area contributed by atoms with Crippen LogP contribution >= 0.6 is 22.7 Å². The molecule has 0 aliphatic carbocycles. The summed E-state index contributed by atoms with van der Waals surface area (Å²) in [5.41, 5.74) is 11.7. The zero-order chi connectivity index (χ0) is 37.0.